The van der Waals surface area contributed by atoms with Gasteiger partial charge in [-0.2, -0.15) is 11.3 Å². The normalized spacial score (nSPS) is 10.9. The zero-order chi connectivity index (χ0) is 12.6. The molecule has 0 aliphatic rings. The average Bonchev–Trinajstić information content (AvgIpc) is 3.00. The molecule has 0 saturated carbocycles. The Morgan fingerprint density at radius 2 is 2.33 bits per heavy atom. The third-order valence-electron chi connectivity index (χ3n) is 2.47. The van der Waals surface area contributed by atoms with Crippen LogP contribution >= 0.6 is 27.3 Å². The molecule has 98 valence electrons. The van der Waals surface area contributed by atoms with E-state index in [-0.39, 0.29) is 0 Å². The van der Waals surface area contributed by atoms with Crippen LogP contribution in [0.4, 0.5) is 0 Å². The van der Waals surface area contributed by atoms with Crippen molar-refractivity contribution < 1.29 is 9.15 Å². The Morgan fingerprint density at radius 1 is 1.39 bits per heavy atom. The Balaban J connectivity index is 1.48. The lowest BCUT2D eigenvalue weighted by Crippen LogP contribution is -2.16. The summed E-state index contributed by atoms with van der Waals surface area (Å²) in [4.78, 5) is 0. The highest BCUT2D eigenvalue weighted by Gasteiger charge is 1.99. The van der Waals surface area contributed by atoms with Crippen LogP contribution in [0.25, 0.3) is 0 Å². The van der Waals surface area contributed by atoms with Crippen molar-refractivity contribution >= 4 is 27.3 Å². The number of nitrogens with one attached hydrogen (secondary N) is 1. The first-order valence-corrected chi connectivity index (χ1v) is 7.61. The fraction of sp³-hybridized carbons (Fsp3) is 0.385. The van der Waals surface area contributed by atoms with Crippen LogP contribution in [-0.2, 0) is 17.9 Å². The van der Waals surface area contributed by atoms with Crippen molar-refractivity contribution in [2.24, 2.45) is 0 Å². The fourth-order valence-electron chi connectivity index (χ4n) is 1.52. The first-order valence-electron chi connectivity index (χ1n) is 5.87. The number of thiophene rings is 1. The summed E-state index contributed by atoms with van der Waals surface area (Å²) in [5.74, 6) is 0.880. The van der Waals surface area contributed by atoms with Gasteiger partial charge in [0.2, 0.25) is 0 Å². The molecule has 3 nitrogen and oxygen atoms in total. The molecule has 0 aliphatic heterocycles. The lowest BCUT2D eigenvalue weighted by atomic mass is 10.3. The molecule has 0 radical (unpaired) electrons. The van der Waals surface area contributed by atoms with E-state index in [0.29, 0.717) is 6.61 Å². The van der Waals surface area contributed by atoms with Gasteiger partial charge in [0.25, 0.3) is 0 Å². The second-order valence-corrected chi connectivity index (χ2v) is 5.51. The molecule has 0 fully saturated rings. The SMILES string of the molecule is Brc1cscc1CNCCCOCc1ccco1. The van der Waals surface area contributed by atoms with Crippen LogP contribution in [0.15, 0.2) is 38.0 Å². The minimum Gasteiger partial charge on any atom is -0.467 e. The van der Waals surface area contributed by atoms with Crippen molar-refractivity contribution in [3.05, 3.63) is 45.0 Å². The highest BCUT2D eigenvalue weighted by Crippen LogP contribution is 2.20. The predicted octanol–water partition coefficient (Wildman–Crippen LogP) is 3.80. The molecule has 0 atom stereocenters. The number of furan rings is 1. The summed E-state index contributed by atoms with van der Waals surface area (Å²) in [6.07, 6.45) is 2.67. The standard InChI is InChI=1S/C13H16BrNO2S/c14-13-10-18-9-11(13)7-15-4-2-5-16-8-12-3-1-6-17-12/h1,3,6,9-10,15H,2,4-5,7-8H2. The van der Waals surface area contributed by atoms with Crippen LogP contribution in [0.1, 0.15) is 17.7 Å². The maximum atomic E-state index is 5.50. The van der Waals surface area contributed by atoms with Gasteiger partial charge in [-0.1, -0.05) is 0 Å². The van der Waals surface area contributed by atoms with E-state index in [9.17, 15) is 0 Å². The molecule has 2 heterocycles. The van der Waals surface area contributed by atoms with Gasteiger partial charge < -0.3 is 14.5 Å². The number of halogens is 1. The summed E-state index contributed by atoms with van der Waals surface area (Å²) in [5, 5.41) is 7.65. The Morgan fingerprint density at radius 3 is 3.06 bits per heavy atom. The summed E-state index contributed by atoms with van der Waals surface area (Å²) < 4.78 is 11.9. The van der Waals surface area contributed by atoms with Crippen LogP contribution < -0.4 is 5.32 Å². The molecule has 0 aliphatic carbocycles. The van der Waals surface area contributed by atoms with Crippen molar-refractivity contribution in [3.63, 3.8) is 0 Å². The quantitative estimate of drug-likeness (QED) is 0.748. The number of hydrogen-bond acceptors (Lipinski definition) is 4. The third-order valence-corrected chi connectivity index (χ3v) is 4.30. The maximum Gasteiger partial charge on any atom is 0.129 e. The van der Waals surface area contributed by atoms with Gasteiger partial charge in [0.05, 0.1) is 6.26 Å². The Hall–Kier alpha value is -0.620. The molecule has 0 bridgehead atoms. The van der Waals surface area contributed by atoms with Gasteiger partial charge in [-0.05, 0) is 52.0 Å². The molecule has 0 amide bonds. The van der Waals surface area contributed by atoms with Crippen molar-refractivity contribution in [2.75, 3.05) is 13.2 Å². The predicted molar refractivity (Wildman–Crippen MR) is 76.7 cm³/mol. The van der Waals surface area contributed by atoms with Crippen LogP contribution in [0.2, 0.25) is 0 Å². The molecule has 0 spiro atoms. The molecule has 5 heteroatoms. The molecule has 1 N–H and O–H groups in total. The molecular formula is C13H16BrNO2S. The Bertz CT molecular complexity index is 442. The molecule has 18 heavy (non-hydrogen) atoms. The highest BCUT2D eigenvalue weighted by atomic mass is 79.9. The van der Waals surface area contributed by atoms with E-state index < -0.39 is 0 Å². The van der Waals surface area contributed by atoms with E-state index in [0.717, 1.165) is 31.9 Å². The lowest BCUT2D eigenvalue weighted by molar-refractivity contribution is 0.104. The van der Waals surface area contributed by atoms with Gasteiger partial charge in [0, 0.05) is 23.0 Å². The third kappa shape index (κ3) is 4.57. The minimum atomic E-state index is 0.559. The van der Waals surface area contributed by atoms with Gasteiger partial charge in [-0.3, -0.25) is 0 Å². The lowest BCUT2D eigenvalue weighted by Gasteiger charge is -2.04. The molecule has 2 rings (SSSR count). The maximum absolute atomic E-state index is 5.50. The van der Waals surface area contributed by atoms with Crippen LogP contribution in [0.5, 0.6) is 0 Å². The first-order chi connectivity index (χ1) is 8.86. The van der Waals surface area contributed by atoms with E-state index in [1.807, 2.05) is 12.1 Å². The zero-order valence-electron chi connectivity index (χ0n) is 10.0. The molecule has 0 aromatic carbocycles. The van der Waals surface area contributed by atoms with Crippen LogP contribution in [-0.4, -0.2) is 13.2 Å². The molecule has 0 unspecified atom stereocenters. The monoisotopic (exact) mass is 329 g/mol. The number of ether oxygens (including phenoxy) is 1. The number of hydrogen-bond donors (Lipinski definition) is 1. The van der Waals surface area contributed by atoms with Crippen LogP contribution in [0.3, 0.4) is 0 Å². The van der Waals surface area contributed by atoms with E-state index in [4.69, 9.17) is 9.15 Å². The first kappa shape index (κ1) is 13.8. The smallest absolute Gasteiger partial charge is 0.129 e. The second kappa shape index (κ2) is 7.74. The largest absolute Gasteiger partial charge is 0.467 e. The zero-order valence-corrected chi connectivity index (χ0v) is 12.4. The van der Waals surface area contributed by atoms with Gasteiger partial charge >= 0.3 is 0 Å². The summed E-state index contributed by atoms with van der Waals surface area (Å²) in [6.45, 7) is 3.17. The number of rotatable bonds is 8. The van der Waals surface area contributed by atoms with Crippen molar-refractivity contribution in [2.45, 2.75) is 19.6 Å². The summed E-state index contributed by atoms with van der Waals surface area (Å²) >= 11 is 5.23. The Kier molecular flexibility index (Phi) is 5.93. The summed E-state index contributed by atoms with van der Waals surface area (Å²) in [6, 6.07) is 3.80. The van der Waals surface area contributed by atoms with E-state index in [2.05, 4.69) is 32.0 Å². The minimum absolute atomic E-state index is 0.559. The average molecular weight is 330 g/mol. The topological polar surface area (TPSA) is 34.4 Å². The second-order valence-electron chi connectivity index (χ2n) is 3.91. The molecular weight excluding hydrogens is 314 g/mol. The van der Waals surface area contributed by atoms with Gasteiger partial charge in [-0.25, -0.2) is 0 Å². The van der Waals surface area contributed by atoms with Crippen molar-refractivity contribution in [3.8, 4) is 0 Å². The van der Waals surface area contributed by atoms with E-state index in [1.165, 1.54) is 10.0 Å². The van der Waals surface area contributed by atoms with Gasteiger partial charge in [0.15, 0.2) is 0 Å². The van der Waals surface area contributed by atoms with E-state index >= 15 is 0 Å². The summed E-state index contributed by atoms with van der Waals surface area (Å²) in [5.41, 5.74) is 1.32. The summed E-state index contributed by atoms with van der Waals surface area (Å²) in [7, 11) is 0. The fourth-order valence-corrected chi connectivity index (χ4v) is 2.97. The van der Waals surface area contributed by atoms with Crippen LogP contribution in [0, 0.1) is 0 Å². The van der Waals surface area contributed by atoms with Gasteiger partial charge in [-0.15, -0.1) is 0 Å². The van der Waals surface area contributed by atoms with Crippen molar-refractivity contribution in [1.82, 2.24) is 5.32 Å². The molecule has 2 aromatic heterocycles. The van der Waals surface area contributed by atoms with E-state index in [1.54, 1.807) is 17.6 Å². The Labute approximate surface area is 119 Å². The van der Waals surface area contributed by atoms with Gasteiger partial charge in [0.1, 0.15) is 12.4 Å². The highest BCUT2D eigenvalue weighted by molar-refractivity contribution is 9.10. The molecule has 2 aromatic rings. The van der Waals surface area contributed by atoms with Crippen molar-refractivity contribution in [1.29, 1.82) is 0 Å². The molecule has 0 saturated heterocycles.